The van der Waals surface area contributed by atoms with Crippen molar-refractivity contribution in [1.82, 2.24) is 14.6 Å². The van der Waals surface area contributed by atoms with Crippen LogP contribution in [0.2, 0.25) is 0 Å². The molecule has 2 heterocycles. The molecule has 0 fully saturated rings. The summed E-state index contributed by atoms with van der Waals surface area (Å²) in [6.45, 7) is 6.46. The average Bonchev–Trinajstić information content (AvgIpc) is 3.22. The molecule has 3 aromatic rings. The van der Waals surface area contributed by atoms with Gasteiger partial charge in [-0.1, -0.05) is 17.3 Å². The molecule has 0 aliphatic heterocycles. The van der Waals surface area contributed by atoms with Crippen molar-refractivity contribution in [1.29, 1.82) is 0 Å². The van der Waals surface area contributed by atoms with Gasteiger partial charge in [0.05, 0.1) is 0 Å². The Morgan fingerprint density at radius 1 is 1.10 bits per heavy atom. The smallest absolute Gasteiger partial charge is 0.246 e. The molecule has 0 spiro atoms. The summed E-state index contributed by atoms with van der Waals surface area (Å²) < 4.78 is 7.22. The van der Waals surface area contributed by atoms with E-state index in [1.54, 1.807) is 11.0 Å². The van der Waals surface area contributed by atoms with Crippen molar-refractivity contribution in [3.8, 4) is 5.82 Å². The Morgan fingerprint density at radius 3 is 2.38 bits per heavy atom. The first-order valence-corrected chi connectivity index (χ1v) is 9.58. The van der Waals surface area contributed by atoms with Crippen LogP contribution >= 0.6 is 0 Å². The Labute approximate surface area is 172 Å². The lowest BCUT2D eigenvalue weighted by Gasteiger charge is -2.17. The van der Waals surface area contributed by atoms with Gasteiger partial charge in [0.15, 0.2) is 5.82 Å². The molecule has 0 aliphatic rings. The van der Waals surface area contributed by atoms with E-state index < -0.39 is 0 Å². The number of carbonyl (C=O) groups is 1. The number of nitrogens with zero attached hydrogens (tertiary/aromatic N) is 4. The molecule has 152 valence electrons. The van der Waals surface area contributed by atoms with Crippen molar-refractivity contribution in [2.75, 3.05) is 26.0 Å². The van der Waals surface area contributed by atoms with Crippen molar-refractivity contribution in [3.63, 3.8) is 0 Å². The van der Waals surface area contributed by atoms with Crippen molar-refractivity contribution in [2.45, 2.75) is 27.3 Å². The van der Waals surface area contributed by atoms with E-state index in [4.69, 9.17) is 4.52 Å². The molecule has 0 radical (unpaired) electrons. The van der Waals surface area contributed by atoms with Crippen LogP contribution in [0.3, 0.4) is 0 Å². The van der Waals surface area contributed by atoms with Crippen LogP contribution in [0.25, 0.3) is 11.9 Å². The normalized spacial score (nSPS) is 11.2. The number of carbonyl (C=O) groups excluding carboxylic acids is 1. The maximum absolute atomic E-state index is 12.6. The van der Waals surface area contributed by atoms with Gasteiger partial charge in [-0.2, -0.15) is 0 Å². The molecule has 0 saturated heterocycles. The second-order valence-corrected chi connectivity index (χ2v) is 7.55. The largest absolute Gasteiger partial charge is 0.378 e. The Morgan fingerprint density at radius 2 is 1.79 bits per heavy atom. The van der Waals surface area contributed by atoms with E-state index in [0.717, 1.165) is 39.8 Å². The summed E-state index contributed by atoms with van der Waals surface area (Å²) in [5.41, 5.74) is 5.28. The van der Waals surface area contributed by atoms with Gasteiger partial charge in [0.2, 0.25) is 5.91 Å². The number of aryl methyl sites for hydroxylation is 2. The van der Waals surface area contributed by atoms with Gasteiger partial charge in [0.1, 0.15) is 5.76 Å². The molecule has 3 rings (SSSR count). The fraction of sp³-hybridized carbons (Fsp3) is 0.304. The summed E-state index contributed by atoms with van der Waals surface area (Å²) in [5, 5.41) is 4.09. The first-order valence-electron chi connectivity index (χ1n) is 9.58. The Kier molecular flexibility index (Phi) is 5.92. The highest BCUT2D eigenvalue weighted by atomic mass is 16.5. The van der Waals surface area contributed by atoms with E-state index in [1.165, 1.54) is 0 Å². The highest BCUT2D eigenvalue weighted by molar-refractivity contribution is 5.91. The molecule has 0 atom stereocenters. The quantitative estimate of drug-likeness (QED) is 0.592. The van der Waals surface area contributed by atoms with E-state index in [9.17, 15) is 4.79 Å². The van der Waals surface area contributed by atoms with Crippen molar-refractivity contribution in [2.24, 2.45) is 0 Å². The summed E-state index contributed by atoms with van der Waals surface area (Å²) >= 11 is 0. The molecule has 1 amide bonds. The highest BCUT2D eigenvalue weighted by Crippen LogP contribution is 2.22. The van der Waals surface area contributed by atoms with Gasteiger partial charge in [-0.25, -0.2) is 0 Å². The van der Waals surface area contributed by atoms with Crippen LogP contribution in [-0.4, -0.2) is 41.7 Å². The van der Waals surface area contributed by atoms with Gasteiger partial charge in [0.25, 0.3) is 0 Å². The maximum atomic E-state index is 12.6. The predicted molar refractivity (Wildman–Crippen MR) is 116 cm³/mol. The SMILES string of the molecule is Cc1cc(-n2c(C)cc(/C=C/C(=O)N(C)Cc3ccc(N(C)C)cc3)c2C)no1. The second-order valence-electron chi connectivity index (χ2n) is 7.55. The number of hydrogen-bond donors (Lipinski definition) is 0. The summed E-state index contributed by atoms with van der Waals surface area (Å²) in [4.78, 5) is 16.3. The predicted octanol–water partition coefficient (Wildman–Crippen LogP) is 4.13. The number of anilines is 1. The Balaban J connectivity index is 1.70. The third kappa shape index (κ3) is 4.59. The van der Waals surface area contributed by atoms with E-state index in [1.807, 2.05) is 64.7 Å². The van der Waals surface area contributed by atoms with Gasteiger partial charge >= 0.3 is 0 Å². The number of likely N-dealkylation sites (N-methyl/N-ethyl adjacent to an activating group) is 1. The lowest BCUT2D eigenvalue weighted by Crippen LogP contribution is -2.24. The van der Waals surface area contributed by atoms with E-state index in [0.29, 0.717) is 6.54 Å². The lowest BCUT2D eigenvalue weighted by molar-refractivity contribution is -0.125. The van der Waals surface area contributed by atoms with Crippen LogP contribution in [0.4, 0.5) is 5.69 Å². The molecule has 0 bridgehead atoms. The Bertz CT molecular complexity index is 1030. The molecule has 6 heteroatoms. The zero-order valence-electron chi connectivity index (χ0n) is 17.9. The van der Waals surface area contributed by atoms with Crippen LogP contribution in [0, 0.1) is 20.8 Å². The number of rotatable bonds is 6. The fourth-order valence-corrected chi connectivity index (χ4v) is 3.31. The molecule has 0 saturated carbocycles. The Hall–Kier alpha value is -3.28. The first kappa shape index (κ1) is 20.5. The van der Waals surface area contributed by atoms with Crippen LogP contribution in [0.15, 0.2) is 47.0 Å². The molecule has 6 nitrogen and oxygen atoms in total. The van der Waals surface area contributed by atoms with Crippen LogP contribution in [0.1, 0.15) is 28.3 Å². The molecule has 0 aliphatic carbocycles. The summed E-state index contributed by atoms with van der Waals surface area (Å²) in [6.07, 6.45) is 3.48. The van der Waals surface area contributed by atoms with E-state index in [-0.39, 0.29) is 5.91 Å². The van der Waals surface area contributed by atoms with Gasteiger partial charge in [-0.3, -0.25) is 9.36 Å². The van der Waals surface area contributed by atoms with Crippen molar-refractivity contribution >= 4 is 17.7 Å². The molecule has 0 N–H and O–H groups in total. The zero-order chi connectivity index (χ0) is 21.1. The summed E-state index contributed by atoms with van der Waals surface area (Å²) in [5.74, 6) is 1.48. The monoisotopic (exact) mass is 392 g/mol. The van der Waals surface area contributed by atoms with Crippen LogP contribution < -0.4 is 4.90 Å². The standard InChI is InChI=1S/C23H28N4O2/c1-16-13-20(18(3)27(16)22-14-17(2)29-24-22)9-12-23(28)26(6)15-19-7-10-21(11-8-19)25(4)5/h7-14H,15H2,1-6H3/b12-9+. The number of amides is 1. The van der Waals surface area contributed by atoms with Gasteiger partial charge in [-0.05, 0) is 56.2 Å². The van der Waals surface area contributed by atoms with Crippen LogP contribution in [0.5, 0.6) is 0 Å². The number of aromatic nitrogens is 2. The van der Waals surface area contributed by atoms with Gasteiger partial charge < -0.3 is 14.3 Å². The summed E-state index contributed by atoms with van der Waals surface area (Å²) in [6, 6.07) is 12.2. The van der Waals surface area contributed by atoms with Crippen LogP contribution in [-0.2, 0) is 11.3 Å². The average molecular weight is 393 g/mol. The topological polar surface area (TPSA) is 54.5 Å². The van der Waals surface area contributed by atoms with E-state index >= 15 is 0 Å². The molecule has 29 heavy (non-hydrogen) atoms. The minimum absolute atomic E-state index is 0.0382. The number of benzene rings is 1. The highest BCUT2D eigenvalue weighted by Gasteiger charge is 2.13. The second kappa shape index (κ2) is 8.39. The van der Waals surface area contributed by atoms with Gasteiger partial charge in [0, 0.05) is 56.9 Å². The third-order valence-corrected chi connectivity index (χ3v) is 4.97. The molecule has 0 unspecified atom stereocenters. The molecule has 1 aromatic carbocycles. The number of hydrogen-bond acceptors (Lipinski definition) is 4. The van der Waals surface area contributed by atoms with Crippen molar-refractivity contribution in [3.05, 3.63) is 70.7 Å². The maximum Gasteiger partial charge on any atom is 0.246 e. The molecular formula is C23H28N4O2. The fourth-order valence-electron chi connectivity index (χ4n) is 3.31. The summed E-state index contributed by atoms with van der Waals surface area (Å²) in [7, 11) is 5.83. The minimum atomic E-state index is -0.0382. The first-order chi connectivity index (χ1) is 13.8. The third-order valence-electron chi connectivity index (χ3n) is 4.97. The molecular weight excluding hydrogens is 364 g/mol. The lowest BCUT2D eigenvalue weighted by atomic mass is 10.2. The van der Waals surface area contributed by atoms with Gasteiger partial charge in [-0.15, -0.1) is 0 Å². The minimum Gasteiger partial charge on any atom is -0.378 e. The van der Waals surface area contributed by atoms with Crippen molar-refractivity contribution < 1.29 is 9.32 Å². The zero-order valence-corrected chi connectivity index (χ0v) is 17.9. The molecule has 2 aromatic heterocycles. The van der Waals surface area contributed by atoms with E-state index in [2.05, 4.69) is 34.3 Å².